The first kappa shape index (κ1) is 11.5. The Bertz CT molecular complexity index is 421. The first-order chi connectivity index (χ1) is 8.18. The monoisotopic (exact) mass is 235 g/mol. The van der Waals surface area contributed by atoms with Gasteiger partial charge in [0.25, 0.3) is 0 Å². The summed E-state index contributed by atoms with van der Waals surface area (Å²) in [6.45, 7) is 0. The van der Waals surface area contributed by atoms with Gasteiger partial charge < -0.3 is 10.4 Å². The van der Waals surface area contributed by atoms with Crippen molar-refractivity contribution in [1.29, 1.82) is 0 Å². The molecule has 0 saturated heterocycles. The summed E-state index contributed by atoms with van der Waals surface area (Å²) in [7, 11) is 0. The zero-order valence-corrected chi connectivity index (χ0v) is 9.17. The minimum Gasteiger partial charge on any atom is -0.481 e. The number of carboxylic acid groups (broad SMARTS) is 1. The maximum absolute atomic E-state index is 11.9. The summed E-state index contributed by atoms with van der Waals surface area (Å²) in [5.74, 6) is -2.18. The van der Waals surface area contributed by atoms with E-state index >= 15 is 0 Å². The second kappa shape index (κ2) is 4.90. The lowest BCUT2D eigenvalue weighted by molar-refractivity contribution is -0.145. The predicted molar refractivity (Wildman–Crippen MR) is 59.1 cm³/mol. The summed E-state index contributed by atoms with van der Waals surface area (Å²) < 4.78 is 0. The van der Waals surface area contributed by atoms with Crippen molar-refractivity contribution >= 4 is 17.6 Å². The molecule has 1 fully saturated rings. The van der Waals surface area contributed by atoms with Crippen LogP contribution in [0.25, 0.3) is 0 Å². The second-order valence-electron chi connectivity index (χ2n) is 4.10. The van der Waals surface area contributed by atoms with E-state index in [9.17, 15) is 9.59 Å². The van der Waals surface area contributed by atoms with Crippen LogP contribution in [0.15, 0.2) is 18.7 Å². The zero-order valence-electron chi connectivity index (χ0n) is 9.17. The Kier molecular flexibility index (Phi) is 3.32. The van der Waals surface area contributed by atoms with Crippen LogP contribution in [0.4, 0.5) is 5.69 Å². The van der Waals surface area contributed by atoms with E-state index in [1.54, 1.807) is 0 Å². The number of nitrogens with zero attached hydrogens (tertiary/aromatic N) is 2. The predicted octanol–water partition coefficient (Wildman–Crippen LogP) is 0.916. The van der Waals surface area contributed by atoms with Crippen LogP contribution in [-0.4, -0.2) is 27.0 Å². The molecule has 1 saturated carbocycles. The lowest BCUT2D eigenvalue weighted by Crippen LogP contribution is -2.30. The van der Waals surface area contributed by atoms with Gasteiger partial charge >= 0.3 is 5.97 Å². The van der Waals surface area contributed by atoms with Crippen molar-refractivity contribution in [2.24, 2.45) is 11.8 Å². The Labute approximate surface area is 98.1 Å². The molecule has 0 radical (unpaired) electrons. The molecule has 2 unspecified atom stereocenters. The number of hydrogen-bond donors (Lipinski definition) is 2. The van der Waals surface area contributed by atoms with Crippen molar-refractivity contribution < 1.29 is 14.7 Å². The summed E-state index contributed by atoms with van der Waals surface area (Å²) in [4.78, 5) is 30.4. The highest BCUT2D eigenvalue weighted by atomic mass is 16.4. The molecule has 17 heavy (non-hydrogen) atoms. The van der Waals surface area contributed by atoms with Crippen molar-refractivity contribution in [3.63, 3.8) is 0 Å². The van der Waals surface area contributed by atoms with E-state index in [1.807, 2.05) is 0 Å². The number of carboxylic acids is 1. The van der Waals surface area contributed by atoms with E-state index in [2.05, 4.69) is 15.3 Å². The van der Waals surface area contributed by atoms with Crippen molar-refractivity contribution in [2.45, 2.75) is 19.3 Å². The van der Waals surface area contributed by atoms with Crippen LogP contribution in [-0.2, 0) is 9.59 Å². The maximum atomic E-state index is 11.9. The summed E-state index contributed by atoms with van der Waals surface area (Å²) in [6, 6.07) is 0. The fraction of sp³-hybridized carbons (Fsp3) is 0.455. The normalized spacial score (nSPS) is 23.3. The quantitative estimate of drug-likeness (QED) is 0.812. The van der Waals surface area contributed by atoms with Crippen molar-refractivity contribution in [3.8, 4) is 0 Å². The van der Waals surface area contributed by atoms with Crippen LogP contribution in [0, 0.1) is 11.8 Å². The number of aliphatic carboxylic acids is 1. The van der Waals surface area contributed by atoms with Gasteiger partial charge in [0, 0.05) is 0 Å². The molecule has 1 aromatic rings. The molecule has 1 aliphatic carbocycles. The van der Waals surface area contributed by atoms with E-state index in [-0.39, 0.29) is 5.91 Å². The first-order valence-electron chi connectivity index (χ1n) is 5.47. The molecule has 0 bridgehead atoms. The van der Waals surface area contributed by atoms with Gasteiger partial charge in [-0.1, -0.05) is 6.42 Å². The maximum Gasteiger partial charge on any atom is 0.307 e. The van der Waals surface area contributed by atoms with E-state index in [4.69, 9.17) is 5.11 Å². The third-order valence-corrected chi connectivity index (χ3v) is 3.00. The number of aromatic nitrogens is 2. The molecule has 2 atom stereocenters. The van der Waals surface area contributed by atoms with Crippen molar-refractivity contribution in [1.82, 2.24) is 9.97 Å². The van der Waals surface area contributed by atoms with E-state index in [0.717, 1.165) is 6.42 Å². The highest BCUT2D eigenvalue weighted by molar-refractivity contribution is 5.95. The molecule has 0 aliphatic heterocycles. The smallest absolute Gasteiger partial charge is 0.307 e. The molecule has 1 aromatic heterocycles. The number of rotatable bonds is 3. The number of hydrogen-bond acceptors (Lipinski definition) is 4. The third kappa shape index (κ3) is 2.58. The molecule has 0 spiro atoms. The molecule has 2 N–H and O–H groups in total. The molecule has 1 amide bonds. The van der Waals surface area contributed by atoms with Gasteiger partial charge in [0.1, 0.15) is 6.33 Å². The lowest BCUT2D eigenvalue weighted by Gasteiger charge is -2.14. The fourth-order valence-electron chi connectivity index (χ4n) is 2.17. The molecule has 6 nitrogen and oxygen atoms in total. The molecule has 90 valence electrons. The van der Waals surface area contributed by atoms with Crippen LogP contribution >= 0.6 is 0 Å². The number of amides is 1. The van der Waals surface area contributed by atoms with Gasteiger partial charge in [0.15, 0.2) is 0 Å². The number of anilines is 1. The number of nitrogens with one attached hydrogen (secondary N) is 1. The summed E-state index contributed by atoms with van der Waals surface area (Å²) in [5, 5.41) is 11.6. The SMILES string of the molecule is O=C(O)C1CCCC1C(=O)Nc1cncnc1. The van der Waals surface area contributed by atoms with Crippen LogP contribution in [0.3, 0.4) is 0 Å². The molecule has 2 rings (SSSR count). The van der Waals surface area contributed by atoms with Crippen molar-refractivity contribution in [3.05, 3.63) is 18.7 Å². The van der Waals surface area contributed by atoms with E-state index in [1.165, 1.54) is 18.7 Å². The molecule has 1 heterocycles. The van der Waals surface area contributed by atoms with Gasteiger partial charge in [-0.25, -0.2) is 9.97 Å². The van der Waals surface area contributed by atoms with Crippen LogP contribution in [0.1, 0.15) is 19.3 Å². The van der Waals surface area contributed by atoms with Crippen LogP contribution in [0.2, 0.25) is 0 Å². The zero-order chi connectivity index (χ0) is 12.3. The Hall–Kier alpha value is -1.98. The largest absolute Gasteiger partial charge is 0.481 e. The summed E-state index contributed by atoms with van der Waals surface area (Å²) >= 11 is 0. The standard InChI is InChI=1S/C11H13N3O3/c15-10(14-7-4-12-6-13-5-7)8-2-1-3-9(8)11(16)17/h4-6,8-9H,1-3H2,(H,14,15)(H,16,17). The Morgan fingerprint density at radius 3 is 2.53 bits per heavy atom. The Morgan fingerprint density at radius 2 is 1.88 bits per heavy atom. The Balaban J connectivity index is 2.03. The van der Waals surface area contributed by atoms with Gasteiger partial charge in [-0.2, -0.15) is 0 Å². The van der Waals surface area contributed by atoms with Gasteiger partial charge in [-0.05, 0) is 12.8 Å². The highest BCUT2D eigenvalue weighted by Gasteiger charge is 2.37. The van der Waals surface area contributed by atoms with Crippen LogP contribution in [0.5, 0.6) is 0 Å². The average molecular weight is 235 g/mol. The minimum absolute atomic E-state index is 0.260. The molecule has 0 aromatic carbocycles. The Morgan fingerprint density at radius 1 is 1.24 bits per heavy atom. The summed E-state index contributed by atoms with van der Waals surface area (Å²) in [5.41, 5.74) is 0.494. The molecular weight excluding hydrogens is 222 g/mol. The molecular formula is C11H13N3O3. The fourth-order valence-corrected chi connectivity index (χ4v) is 2.17. The first-order valence-corrected chi connectivity index (χ1v) is 5.47. The second-order valence-corrected chi connectivity index (χ2v) is 4.10. The van der Waals surface area contributed by atoms with Crippen LogP contribution < -0.4 is 5.32 Å². The number of carbonyl (C=O) groups excluding carboxylic acids is 1. The average Bonchev–Trinajstić information content (AvgIpc) is 2.79. The lowest BCUT2D eigenvalue weighted by atomic mass is 9.95. The van der Waals surface area contributed by atoms with Gasteiger partial charge in [0.05, 0.1) is 29.9 Å². The van der Waals surface area contributed by atoms with Gasteiger partial charge in [0.2, 0.25) is 5.91 Å². The summed E-state index contributed by atoms with van der Waals surface area (Å²) in [6.07, 6.45) is 6.30. The van der Waals surface area contributed by atoms with Crippen molar-refractivity contribution in [2.75, 3.05) is 5.32 Å². The van der Waals surface area contributed by atoms with Gasteiger partial charge in [-0.15, -0.1) is 0 Å². The minimum atomic E-state index is -0.896. The highest BCUT2D eigenvalue weighted by Crippen LogP contribution is 2.32. The van der Waals surface area contributed by atoms with E-state index in [0.29, 0.717) is 18.5 Å². The van der Waals surface area contributed by atoms with Gasteiger partial charge in [-0.3, -0.25) is 9.59 Å². The number of carbonyl (C=O) groups is 2. The van der Waals surface area contributed by atoms with E-state index < -0.39 is 17.8 Å². The molecule has 1 aliphatic rings. The third-order valence-electron chi connectivity index (χ3n) is 3.00. The topological polar surface area (TPSA) is 92.2 Å². The molecule has 6 heteroatoms.